The summed E-state index contributed by atoms with van der Waals surface area (Å²) in [6, 6.07) is 15.0. The molecule has 2 heterocycles. The molecular weight excluding hydrogens is 358 g/mol. The van der Waals surface area contributed by atoms with Crippen molar-refractivity contribution in [3.63, 3.8) is 0 Å². The van der Waals surface area contributed by atoms with E-state index in [1.54, 1.807) is 30.3 Å². The van der Waals surface area contributed by atoms with Gasteiger partial charge >= 0.3 is 12.0 Å². The highest BCUT2D eigenvalue weighted by atomic mass is 16.4. The van der Waals surface area contributed by atoms with Gasteiger partial charge in [-0.1, -0.05) is 30.3 Å². The number of benzene rings is 2. The number of nitrogens with one attached hydrogen (secondary N) is 1. The van der Waals surface area contributed by atoms with E-state index in [1.807, 2.05) is 25.1 Å². The molecule has 0 saturated heterocycles. The molecule has 4 aromatic rings. The molecule has 1 amide bonds. The van der Waals surface area contributed by atoms with E-state index in [1.165, 1.54) is 6.07 Å². The molecule has 7 heteroatoms. The summed E-state index contributed by atoms with van der Waals surface area (Å²) in [7, 11) is 0. The molecule has 0 atom stereocenters. The number of aromatic carboxylic acids is 1. The van der Waals surface area contributed by atoms with Crippen molar-refractivity contribution < 1.29 is 14.7 Å². The molecule has 138 valence electrons. The van der Waals surface area contributed by atoms with E-state index in [9.17, 15) is 19.5 Å². The normalized spacial score (nSPS) is 10.9. The third-order valence-electron chi connectivity index (χ3n) is 4.46. The Labute approximate surface area is 158 Å². The van der Waals surface area contributed by atoms with Crippen LogP contribution in [0.1, 0.15) is 16.1 Å². The van der Waals surface area contributed by atoms with E-state index in [-0.39, 0.29) is 5.39 Å². The number of amides is 1. The fourth-order valence-corrected chi connectivity index (χ4v) is 3.12. The minimum atomic E-state index is -1.39. The highest BCUT2D eigenvalue weighted by Gasteiger charge is 2.18. The molecule has 0 spiro atoms. The third kappa shape index (κ3) is 2.88. The van der Waals surface area contributed by atoms with Crippen molar-refractivity contribution in [1.82, 2.24) is 9.55 Å². The predicted molar refractivity (Wildman–Crippen MR) is 106 cm³/mol. The smallest absolute Gasteiger partial charge is 0.341 e. The molecule has 0 aliphatic heterocycles. The van der Waals surface area contributed by atoms with Crippen molar-refractivity contribution in [2.45, 2.75) is 6.92 Å². The van der Waals surface area contributed by atoms with E-state index in [0.29, 0.717) is 16.7 Å². The molecule has 0 bridgehead atoms. The molecule has 0 unspecified atom stereocenters. The number of anilines is 1. The molecule has 2 aromatic heterocycles. The summed E-state index contributed by atoms with van der Waals surface area (Å²) in [4.78, 5) is 41.3. The van der Waals surface area contributed by atoms with Crippen LogP contribution in [0.3, 0.4) is 0 Å². The van der Waals surface area contributed by atoms with Gasteiger partial charge in [-0.15, -0.1) is 0 Å². The molecule has 0 aliphatic carbocycles. The second-order valence-corrected chi connectivity index (χ2v) is 6.32. The number of carbonyl (C=O) groups is 2. The first-order valence-corrected chi connectivity index (χ1v) is 8.51. The molecule has 0 fully saturated rings. The summed E-state index contributed by atoms with van der Waals surface area (Å²) in [6.07, 6.45) is 1.05. The zero-order valence-corrected chi connectivity index (χ0v) is 14.8. The van der Waals surface area contributed by atoms with Crippen molar-refractivity contribution >= 4 is 39.5 Å². The summed E-state index contributed by atoms with van der Waals surface area (Å²) in [5, 5.41) is 13.1. The van der Waals surface area contributed by atoms with Gasteiger partial charge in [0.1, 0.15) is 5.56 Å². The van der Waals surface area contributed by atoms with Crippen LogP contribution in [-0.4, -0.2) is 26.7 Å². The van der Waals surface area contributed by atoms with Crippen LogP contribution in [0, 0.1) is 6.92 Å². The van der Waals surface area contributed by atoms with Gasteiger partial charge < -0.3 is 10.4 Å². The van der Waals surface area contributed by atoms with Crippen LogP contribution in [0.15, 0.2) is 65.6 Å². The number of carbonyl (C=O) groups excluding carboxylic acids is 1. The fourth-order valence-electron chi connectivity index (χ4n) is 3.12. The van der Waals surface area contributed by atoms with Gasteiger partial charge in [0.15, 0.2) is 0 Å². The topological polar surface area (TPSA) is 101 Å². The SMILES string of the molecule is Cc1ccc2cccc(NC(=O)n3cc(C(=O)O)c(=O)c4ccccc43)c2n1. The Bertz CT molecular complexity index is 1320. The monoisotopic (exact) mass is 373 g/mol. The van der Waals surface area contributed by atoms with Gasteiger partial charge in [0.25, 0.3) is 0 Å². The zero-order chi connectivity index (χ0) is 19.8. The van der Waals surface area contributed by atoms with Crippen molar-refractivity contribution in [3.05, 3.63) is 82.3 Å². The van der Waals surface area contributed by atoms with Gasteiger partial charge in [-0.25, -0.2) is 9.59 Å². The molecule has 0 saturated carbocycles. The van der Waals surface area contributed by atoms with Gasteiger partial charge in [-0.3, -0.25) is 14.3 Å². The number of aryl methyl sites for hydroxylation is 1. The number of aromatic nitrogens is 2. The van der Waals surface area contributed by atoms with Crippen LogP contribution >= 0.6 is 0 Å². The standard InChI is InChI=1S/C21H15N3O4/c1-12-9-10-13-5-4-7-16(18(13)22-12)23-21(28)24-11-15(20(26)27)19(25)14-6-2-3-8-17(14)24/h2-11H,1H3,(H,23,28)(H,26,27). The van der Waals surface area contributed by atoms with Gasteiger partial charge in [-0.2, -0.15) is 0 Å². The molecular formula is C21H15N3O4. The Balaban J connectivity index is 1.87. The lowest BCUT2D eigenvalue weighted by Crippen LogP contribution is -2.25. The lowest BCUT2D eigenvalue weighted by Gasteiger charge is -2.13. The van der Waals surface area contributed by atoms with Crippen LogP contribution in [0.25, 0.3) is 21.8 Å². The van der Waals surface area contributed by atoms with E-state index in [2.05, 4.69) is 10.3 Å². The van der Waals surface area contributed by atoms with Crippen molar-refractivity contribution in [2.75, 3.05) is 5.32 Å². The number of fused-ring (bicyclic) bond motifs is 2. The third-order valence-corrected chi connectivity index (χ3v) is 4.46. The van der Waals surface area contributed by atoms with Gasteiger partial charge in [0.05, 0.1) is 16.7 Å². The quantitative estimate of drug-likeness (QED) is 0.559. The predicted octanol–water partition coefficient (Wildman–Crippen LogP) is 3.64. The Morgan fingerprint density at radius 1 is 1.04 bits per heavy atom. The number of para-hydroxylation sites is 2. The number of pyridine rings is 2. The summed E-state index contributed by atoms with van der Waals surface area (Å²) in [5.74, 6) is -1.39. The highest BCUT2D eigenvalue weighted by molar-refractivity contribution is 6.04. The number of carboxylic acid groups (broad SMARTS) is 1. The average Bonchev–Trinajstić information content (AvgIpc) is 2.68. The summed E-state index contributed by atoms with van der Waals surface area (Å²) < 4.78 is 1.13. The lowest BCUT2D eigenvalue weighted by molar-refractivity contribution is 0.0695. The molecule has 0 radical (unpaired) electrons. The van der Waals surface area contributed by atoms with Crippen LogP contribution in [0.5, 0.6) is 0 Å². The van der Waals surface area contributed by atoms with Gasteiger partial charge in [0.2, 0.25) is 5.43 Å². The molecule has 7 nitrogen and oxygen atoms in total. The first kappa shape index (κ1) is 17.4. The Morgan fingerprint density at radius 2 is 1.82 bits per heavy atom. The molecule has 2 N–H and O–H groups in total. The van der Waals surface area contributed by atoms with E-state index >= 15 is 0 Å². The van der Waals surface area contributed by atoms with E-state index in [4.69, 9.17) is 0 Å². The number of carboxylic acids is 1. The van der Waals surface area contributed by atoms with Gasteiger partial charge in [0, 0.05) is 22.7 Å². The van der Waals surface area contributed by atoms with Crippen molar-refractivity contribution in [2.24, 2.45) is 0 Å². The lowest BCUT2D eigenvalue weighted by atomic mass is 10.1. The van der Waals surface area contributed by atoms with Crippen LogP contribution in [-0.2, 0) is 0 Å². The van der Waals surface area contributed by atoms with Gasteiger partial charge in [-0.05, 0) is 31.2 Å². The Kier molecular flexibility index (Phi) is 4.12. The zero-order valence-electron chi connectivity index (χ0n) is 14.8. The first-order valence-electron chi connectivity index (χ1n) is 8.51. The largest absolute Gasteiger partial charge is 0.477 e. The maximum absolute atomic E-state index is 13.0. The number of nitrogens with zero attached hydrogens (tertiary/aromatic N) is 2. The molecule has 2 aromatic carbocycles. The van der Waals surface area contributed by atoms with E-state index in [0.717, 1.165) is 21.8 Å². The molecule has 0 aliphatic rings. The number of rotatable bonds is 2. The van der Waals surface area contributed by atoms with Crippen molar-refractivity contribution in [1.29, 1.82) is 0 Å². The number of hydrogen-bond donors (Lipinski definition) is 2. The second kappa shape index (κ2) is 6.62. The first-order chi connectivity index (χ1) is 13.5. The highest BCUT2D eigenvalue weighted by Crippen LogP contribution is 2.22. The average molecular weight is 373 g/mol. The maximum atomic E-state index is 13.0. The summed E-state index contributed by atoms with van der Waals surface area (Å²) in [6.45, 7) is 1.85. The molecule has 4 rings (SSSR count). The Morgan fingerprint density at radius 3 is 2.61 bits per heavy atom. The minimum absolute atomic E-state index is 0.157. The summed E-state index contributed by atoms with van der Waals surface area (Å²) in [5.41, 5.74) is 1.14. The molecule has 28 heavy (non-hydrogen) atoms. The number of hydrogen-bond acceptors (Lipinski definition) is 4. The van der Waals surface area contributed by atoms with Crippen LogP contribution in [0.4, 0.5) is 10.5 Å². The van der Waals surface area contributed by atoms with Crippen molar-refractivity contribution in [3.8, 4) is 0 Å². The van der Waals surface area contributed by atoms with Crippen LogP contribution < -0.4 is 10.7 Å². The maximum Gasteiger partial charge on any atom is 0.341 e. The fraction of sp³-hybridized carbons (Fsp3) is 0.0476. The van der Waals surface area contributed by atoms with E-state index < -0.39 is 23.0 Å². The Hall–Kier alpha value is -4.00. The minimum Gasteiger partial charge on any atom is -0.477 e. The van der Waals surface area contributed by atoms with Crippen LogP contribution in [0.2, 0.25) is 0 Å². The second-order valence-electron chi connectivity index (χ2n) is 6.32. The summed E-state index contributed by atoms with van der Waals surface area (Å²) >= 11 is 0.